The van der Waals surface area contributed by atoms with Crippen molar-refractivity contribution in [2.24, 2.45) is 0 Å². The molecule has 0 aliphatic carbocycles. The first kappa shape index (κ1) is 22.3. The van der Waals surface area contributed by atoms with Crippen LogP contribution in [0.3, 0.4) is 0 Å². The number of benzene rings is 2. The molecule has 9 heteroatoms. The van der Waals surface area contributed by atoms with Gasteiger partial charge in [0.05, 0.1) is 18.1 Å². The van der Waals surface area contributed by atoms with Crippen LogP contribution in [-0.4, -0.2) is 64.7 Å². The topological polar surface area (TPSA) is 94.2 Å². The van der Waals surface area contributed by atoms with Gasteiger partial charge in [0.15, 0.2) is 11.5 Å². The summed E-state index contributed by atoms with van der Waals surface area (Å²) in [6, 6.07) is 12.3. The highest BCUT2D eigenvalue weighted by Crippen LogP contribution is 2.31. The fraction of sp³-hybridized carbons (Fsp3) is 0.348. The SMILES string of the molecule is O=C(/C=C\c1ccc2c(c1)OCCO2)NCCc1ccc(S(=O)(=O)N2CCOCC2)cc1. The molecule has 0 bridgehead atoms. The van der Waals surface area contributed by atoms with Gasteiger partial charge in [-0.25, -0.2) is 8.42 Å². The van der Waals surface area contributed by atoms with Gasteiger partial charge in [-0.2, -0.15) is 4.31 Å². The second-order valence-corrected chi connectivity index (χ2v) is 9.38. The number of hydrogen-bond acceptors (Lipinski definition) is 6. The van der Waals surface area contributed by atoms with Gasteiger partial charge in [0.2, 0.25) is 15.9 Å². The molecule has 0 unspecified atom stereocenters. The summed E-state index contributed by atoms with van der Waals surface area (Å²) in [6.07, 6.45) is 3.80. The third-order valence-corrected chi connectivity index (χ3v) is 7.15. The van der Waals surface area contributed by atoms with Crippen molar-refractivity contribution >= 4 is 22.0 Å². The number of carbonyl (C=O) groups excluding carboxylic acids is 1. The highest BCUT2D eigenvalue weighted by molar-refractivity contribution is 7.89. The number of nitrogens with zero attached hydrogens (tertiary/aromatic N) is 1. The molecule has 2 aromatic carbocycles. The van der Waals surface area contributed by atoms with Crippen LogP contribution < -0.4 is 14.8 Å². The van der Waals surface area contributed by atoms with Crippen molar-refractivity contribution < 1.29 is 27.4 Å². The Balaban J connectivity index is 1.26. The fourth-order valence-corrected chi connectivity index (χ4v) is 4.90. The molecule has 0 radical (unpaired) electrons. The summed E-state index contributed by atoms with van der Waals surface area (Å²) in [5.41, 5.74) is 1.79. The molecule has 170 valence electrons. The standard InChI is InChI=1S/C23H26N2O6S/c26-23(8-4-19-3-7-21-22(17-19)31-16-15-30-21)24-10-9-18-1-5-20(6-2-18)32(27,28)25-11-13-29-14-12-25/h1-8,17H,9-16H2,(H,24,26)/b8-4-. The summed E-state index contributed by atoms with van der Waals surface area (Å²) in [4.78, 5) is 12.4. The van der Waals surface area contributed by atoms with Gasteiger partial charge in [-0.1, -0.05) is 18.2 Å². The van der Waals surface area contributed by atoms with Gasteiger partial charge >= 0.3 is 0 Å². The van der Waals surface area contributed by atoms with Crippen molar-refractivity contribution in [1.82, 2.24) is 9.62 Å². The maximum atomic E-state index is 12.7. The van der Waals surface area contributed by atoms with E-state index >= 15 is 0 Å². The highest BCUT2D eigenvalue weighted by atomic mass is 32.2. The zero-order valence-corrected chi connectivity index (χ0v) is 18.5. The molecular weight excluding hydrogens is 432 g/mol. The van der Waals surface area contributed by atoms with E-state index in [1.54, 1.807) is 30.3 Å². The molecule has 1 saturated heterocycles. The zero-order valence-electron chi connectivity index (χ0n) is 17.7. The molecule has 2 aromatic rings. The number of hydrogen-bond donors (Lipinski definition) is 1. The number of rotatable bonds is 7. The number of fused-ring (bicyclic) bond motifs is 1. The Bertz CT molecular complexity index is 1080. The van der Waals surface area contributed by atoms with Crippen molar-refractivity contribution in [2.75, 3.05) is 46.1 Å². The molecule has 0 spiro atoms. The van der Waals surface area contributed by atoms with Crippen LogP contribution in [0.4, 0.5) is 0 Å². The molecule has 1 amide bonds. The monoisotopic (exact) mass is 458 g/mol. The molecule has 1 N–H and O–H groups in total. The zero-order chi connectivity index (χ0) is 22.4. The second kappa shape index (κ2) is 10.2. The highest BCUT2D eigenvalue weighted by Gasteiger charge is 2.26. The normalized spacial score (nSPS) is 16.8. The molecule has 2 heterocycles. The van der Waals surface area contributed by atoms with Crippen molar-refractivity contribution in [1.29, 1.82) is 0 Å². The molecule has 2 aliphatic heterocycles. The largest absolute Gasteiger partial charge is 0.486 e. The average molecular weight is 459 g/mol. The molecule has 2 aliphatic rings. The Morgan fingerprint density at radius 3 is 2.44 bits per heavy atom. The van der Waals surface area contributed by atoms with Crippen molar-refractivity contribution in [3.8, 4) is 11.5 Å². The van der Waals surface area contributed by atoms with Crippen LogP contribution in [0.15, 0.2) is 53.4 Å². The Morgan fingerprint density at radius 1 is 0.969 bits per heavy atom. The van der Waals surface area contributed by atoms with Crippen LogP contribution in [0.1, 0.15) is 11.1 Å². The van der Waals surface area contributed by atoms with Crippen LogP contribution in [0.5, 0.6) is 11.5 Å². The molecule has 0 atom stereocenters. The Labute approximate surface area is 187 Å². The summed E-state index contributed by atoms with van der Waals surface area (Å²) in [7, 11) is -3.49. The number of nitrogens with one attached hydrogen (secondary N) is 1. The Hall–Kier alpha value is -2.88. The van der Waals surface area contributed by atoms with Crippen LogP contribution in [0, 0.1) is 0 Å². The third-order valence-electron chi connectivity index (χ3n) is 5.24. The van der Waals surface area contributed by atoms with Crippen LogP contribution in [0.25, 0.3) is 6.08 Å². The van der Waals surface area contributed by atoms with Crippen molar-refractivity contribution in [2.45, 2.75) is 11.3 Å². The van der Waals surface area contributed by atoms with Gasteiger partial charge in [-0.05, 0) is 47.9 Å². The first-order valence-electron chi connectivity index (χ1n) is 10.5. The molecule has 0 saturated carbocycles. The average Bonchev–Trinajstić information content (AvgIpc) is 2.83. The van der Waals surface area contributed by atoms with Crippen molar-refractivity contribution in [3.63, 3.8) is 0 Å². The van der Waals surface area contributed by atoms with Gasteiger partial charge in [0, 0.05) is 25.7 Å². The van der Waals surface area contributed by atoms with E-state index in [9.17, 15) is 13.2 Å². The minimum Gasteiger partial charge on any atom is -0.486 e. The van der Waals surface area contributed by atoms with E-state index in [0.717, 1.165) is 11.1 Å². The Kier molecular flexibility index (Phi) is 7.09. The van der Waals surface area contributed by atoms with E-state index < -0.39 is 10.0 Å². The third kappa shape index (κ3) is 5.48. The minimum absolute atomic E-state index is 0.202. The van der Waals surface area contributed by atoms with Gasteiger partial charge in [0.1, 0.15) is 13.2 Å². The van der Waals surface area contributed by atoms with Crippen LogP contribution in [0.2, 0.25) is 0 Å². The quantitative estimate of drug-likeness (QED) is 0.637. The van der Waals surface area contributed by atoms with Gasteiger partial charge in [0.25, 0.3) is 0 Å². The number of ether oxygens (including phenoxy) is 3. The summed E-state index contributed by atoms with van der Waals surface area (Å²) < 4.78 is 43.0. The molecule has 0 aromatic heterocycles. The Morgan fingerprint density at radius 2 is 1.69 bits per heavy atom. The predicted molar refractivity (Wildman–Crippen MR) is 119 cm³/mol. The molecule has 1 fully saturated rings. The lowest BCUT2D eigenvalue weighted by molar-refractivity contribution is -0.116. The molecule has 32 heavy (non-hydrogen) atoms. The minimum atomic E-state index is -3.49. The summed E-state index contributed by atoms with van der Waals surface area (Å²) in [5, 5.41) is 2.84. The first-order chi connectivity index (χ1) is 15.5. The number of carbonyl (C=O) groups is 1. The van der Waals surface area contributed by atoms with E-state index in [1.807, 2.05) is 18.2 Å². The second-order valence-electron chi connectivity index (χ2n) is 7.44. The van der Waals surface area contributed by atoms with E-state index in [-0.39, 0.29) is 10.8 Å². The summed E-state index contributed by atoms with van der Waals surface area (Å²) >= 11 is 0. The summed E-state index contributed by atoms with van der Waals surface area (Å²) in [6.45, 7) is 3.07. The number of amides is 1. The number of sulfonamides is 1. The number of morpholine rings is 1. The molecule has 4 rings (SSSR count). The van der Waals surface area contributed by atoms with E-state index in [1.165, 1.54) is 10.4 Å². The smallest absolute Gasteiger partial charge is 0.244 e. The fourth-order valence-electron chi connectivity index (χ4n) is 3.49. The predicted octanol–water partition coefficient (Wildman–Crippen LogP) is 1.85. The lowest BCUT2D eigenvalue weighted by atomic mass is 10.1. The van der Waals surface area contributed by atoms with Gasteiger partial charge in [-0.3, -0.25) is 4.79 Å². The molecule has 8 nitrogen and oxygen atoms in total. The van der Waals surface area contributed by atoms with Crippen LogP contribution >= 0.6 is 0 Å². The summed E-state index contributed by atoms with van der Waals surface area (Å²) in [5.74, 6) is 1.19. The first-order valence-corrected chi connectivity index (χ1v) is 12.0. The lowest BCUT2D eigenvalue weighted by Gasteiger charge is -2.26. The maximum Gasteiger partial charge on any atom is 0.244 e. The van der Waals surface area contributed by atoms with E-state index in [4.69, 9.17) is 14.2 Å². The molecular formula is C23H26N2O6S. The van der Waals surface area contributed by atoms with Crippen LogP contribution in [-0.2, 0) is 26.0 Å². The van der Waals surface area contributed by atoms with Gasteiger partial charge in [-0.15, -0.1) is 0 Å². The van der Waals surface area contributed by atoms with Crippen molar-refractivity contribution in [3.05, 3.63) is 59.7 Å². The van der Waals surface area contributed by atoms with E-state index in [0.29, 0.717) is 64.0 Å². The maximum absolute atomic E-state index is 12.7. The lowest BCUT2D eigenvalue weighted by Crippen LogP contribution is -2.40. The van der Waals surface area contributed by atoms with Gasteiger partial charge < -0.3 is 19.5 Å². The van der Waals surface area contributed by atoms with E-state index in [2.05, 4.69) is 5.32 Å².